The number of aromatic amines is 1. The first-order valence-corrected chi connectivity index (χ1v) is 7.19. The van der Waals surface area contributed by atoms with Gasteiger partial charge in [-0.15, -0.1) is 0 Å². The summed E-state index contributed by atoms with van der Waals surface area (Å²) < 4.78 is 32.1. The first-order valence-electron chi connectivity index (χ1n) is 7.19. The molecule has 0 radical (unpaired) electrons. The molecule has 2 aromatic heterocycles. The molecule has 0 aliphatic carbocycles. The number of methoxy groups -OCH3 is 1. The third-order valence-corrected chi connectivity index (χ3v) is 4.21. The molecule has 0 saturated heterocycles. The number of aliphatic hydroxyl groups excluding tert-OH is 1. The van der Waals surface area contributed by atoms with E-state index in [9.17, 15) is 8.78 Å². The number of rotatable bonds is 4. The van der Waals surface area contributed by atoms with E-state index in [1.54, 1.807) is 18.2 Å². The molecule has 2 aromatic rings. The van der Waals surface area contributed by atoms with Crippen molar-refractivity contribution in [2.75, 3.05) is 20.3 Å². The van der Waals surface area contributed by atoms with E-state index in [0.29, 0.717) is 18.8 Å². The van der Waals surface area contributed by atoms with Crippen LogP contribution in [0, 0.1) is 0 Å². The van der Waals surface area contributed by atoms with E-state index in [-0.39, 0.29) is 6.04 Å². The van der Waals surface area contributed by atoms with Crippen molar-refractivity contribution in [2.24, 2.45) is 0 Å². The van der Waals surface area contributed by atoms with Crippen LogP contribution in [0.1, 0.15) is 18.2 Å². The maximum absolute atomic E-state index is 13.5. The van der Waals surface area contributed by atoms with E-state index in [0.717, 1.165) is 22.2 Å². The van der Waals surface area contributed by atoms with Gasteiger partial charge in [0, 0.05) is 29.7 Å². The second kappa shape index (κ2) is 5.48. The zero-order chi connectivity index (χ0) is 15.9. The molecule has 5 nitrogen and oxygen atoms in total. The molecule has 2 N–H and O–H groups in total. The molecule has 3 rings (SSSR count). The molecule has 1 aliphatic rings. The summed E-state index contributed by atoms with van der Waals surface area (Å²) in [6, 6.07) is 1.85. The summed E-state index contributed by atoms with van der Waals surface area (Å²) >= 11 is 0. The molecule has 22 heavy (non-hydrogen) atoms. The van der Waals surface area contributed by atoms with Crippen molar-refractivity contribution in [1.29, 1.82) is 0 Å². The van der Waals surface area contributed by atoms with Gasteiger partial charge in [0.15, 0.2) is 0 Å². The smallest absolute Gasteiger partial charge is 0.283 e. The van der Waals surface area contributed by atoms with Crippen molar-refractivity contribution < 1.29 is 18.6 Å². The van der Waals surface area contributed by atoms with Crippen LogP contribution in [0.5, 0.6) is 5.88 Å². The van der Waals surface area contributed by atoms with Gasteiger partial charge in [0.25, 0.3) is 5.92 Å². The minimum atomic E-state index is -3.08. The van der Waals surface area contributed by atoms with Gasteiger partial charge in [-0.3, -0.25) is 4.90 Å². The number of ether oxygens (including phenoxy) is 1. The Labute approximate surface area is 126 Å². The van der Waals surface area contributed by atoms with Crippen molar-refractivity contribution in [3.05, 3.63) is 23.5 Å². The Hall–Kier alpha value is -1.73. The van der Waals surface area contributed by atoms with Crippen LogP contribution in [0.3, 0.4) is 0 Å². The third kappa shape index (κ3) is 2.66. The van der Waals surface area contributed by atoms with Crippen LogP contribution < -0.4 is 4.74 Å². The molecule has 0 fully saturated rings. The highest BCUT2D eigenvalue weighted by Gasteiger charge is 2.35. The molecule has 1 atom stereocenters. The normalized spacial score (nSPS) is 19.4. The summed E-state index contributed by atoms with van der Waals surface area (Å²) in [6.07, 6.45) is 2.37. The summed E-state index contributed by atoms with van der Waals surface area (Å²) in [7, 11) is 1.56. The standard InChI is InChI=1S/C15H19F2N3O2/c1-9-3-10-11-4-14(22-2)18-5-12(11)19-13(10)6-20(9)7-15(16,17)8-21/h4-5,9,19,21H,3,6-8H2,1-2H3/t9-/m1/s1. The fourth-order valence-electron chi connectivity index (χ4n) is 3.01. The first-order chi connectivity index (χ1) is 10.4. The number of hydrogen-bond acceptors (Lipinski definition) is 4. The van der Waals surface area contributed by atoms with Crippen molar-refractivity contribution in [1.82, 2.24) is 14.9 Å². The van der Waals surface area contributed by atoms with Crippen LogP contribution in [0.15, 0.2) is 12.3 Å². The largest absolute Gasteiger partial charge is 0.481 e. The van der Waals surface area contributed by atoms with E-state index in [1.807, 2.05) is 13.0 Å². The second-order valence-electron chi connectivity index (χ2n) is 5.83. The number of hydrogen-bond donors (Lipinski definition) is 2. The number of nitrogens with zero attached hydrogens (tertiary/aromatic N) is 2. The van der Waals surface area contributed by atoms with Gasteiger partial charge in [-0.1, -0.05) is 0 Å². The number of alkyl halides is 2. The molecular weight excluding hydrogens is 292 g/mol. The number of H-pyrrole nitrogens is 1. The van der Waals surface area contributed by atoms with Gasteiger partial charge in [-0.2, -0.15) is 0 Å². The van der Waals surface area contributed by atoms with Gasteiger partial charge in [0.05, 0.1) is 25.4 Å². The van der Waals surface area contributed by atoms with E-state index in [1.165, 1.54) is 0 Å². The van der Waals surface area contributed by atoms with Gasteiger partial charge in [0.1, 0.15) is 6.61 Å². The SMILES string of the molecule is COc1cc2c3c([nH]c2cn1)CN(CC(F)(F)CO)[C@H](C)C3. The van der Waals surface area contributed by atoms with Crippen LogP contribution in [-0.4, -0.2) is 52.2 Å². The Balaban J connectivity index is 1.93. The van der Waals surface area contributed by atoms with Crippen molar-refractivity contribution >= 4 is 10.9 Å². The van der Waals surface area contributed by atoms with Crippen LogP contribution in [0.4, 0.5) is 8.78 Å². The van der Waals surface area contributed by atoms with E-state index in [2.05, 4.69) is 9.97 Å². The third-order valence-electron chi connectivity index (χ3n) is 4.21. The lowest BCUT2D eigenvalue weighted by molar-refractivity contribution is -0.0819. The molecule has 1 aliphatic heterocycles. The number of fused-ring (bicyclic) bond motifs is 3. The first kappa shape index (κ1) is 15.2. The molecule has 0 aromatic carbocycles. The molecule has 0 unspecified atom stereocenters. The van der Waals surface area contributed by atoms with Gasteiger partial charge >= 0.3 is 0 Å². The van der Waals surface area contributed by atoms with Crippen LogP contribution in [0.2, 0.25) is 0 Å². The van der Waals surface area contributed by atoms with Gasteiger partial charge in [-0.25, -0.2) is 13.8 Å². The second-order valence-corrected chi connectivity index (χ2v) is 5.83. The molecule has 0 spiro atoms. The predicted octanol–water partition coefficient (Wildman–Crippen LogP) is 1.95. The Bertz CT molecular complexity index is 687. The molecule has 3 heterocycles. The molecule has 0 amide bonds. The minimum Gasteiger partial charge on any atom is -0.481 e. The Morgan fingerprint density at radius 1 is 1.55 bits per heavy atom. The lowest BCUT2D eigenvalue weighted by Gasteiger charge is -2.35. The fourth-order valence-corrected chi connectivity index (χ4v) is 3.01. The number of aromatic nitrogens is 2. The van der Waals surface area contributed by atoms with Gasteiger partial charge in [0.2, 0.25) is 5.88 Å². The van der Waals surface area contributed by atoms with Crippen molar-refractivity contribution in [3.63, 3.8) is 0 Å². The zero-order valence-corrected chi connectivity index (χ0v) is 12.6. The van der Waals surface area contributed by atoms with Crippen LogP contribution in [0.25, 0.3) is 10.9 Å². The lowest BCUT2D eigenvalue weighted by atomic mass is 9.97. The molecule has 120 valence electrons. The van der Waals surface area contributed by atoms with Gasteiger partial charge in [-0.05, 0) is 18.9 Å². The monoisotopic (exact) mass is 311 g/mol. The number of aliphatic hydroxyl groups is 1. The maximum atomic E-state index is 13.5. The minimum absolute atomic E-state index is 0.0249. The lowest BCUT2D eigenvalue weighted by Crippen LogP contribution is -2.46. The highest BCUT2D eigenvalue weighted by Crippen LogP contribution is 2.32. The number of nitrogens with one attached hydrogen (secondary N) is 1. The Morgan fingerprint density at radius 2 is 2.32 bits per heavy atom. The van der Waals surface area contributed by atoms with E-state index < -0.39 is 19.1 Å². The average Bonchev–Trinajstić information content (AvgIpc) is 2.84. The highest BCUT2D eigenvalue weighted by atomic mass is 19.3. The zero-order valence-electron chi connectivity index (χ0n) is 12.6. The number of pyridine rings is 1. The molecule has 7 heteroatoms. The van der Waals surface area contributed by atoms with E-state index in [4.69, 9.17) is 9.84 Å². The van der Waals surface area contributed by atoms with Crippen LogP contribution >= 0.6 is 0 Å². The fraction of sp³-hybridized carbons (Fsp3) is 0.533. The van der Waals surface area contributed by atoms with Crippen molar-refractivity contribution in [3.8, 4) is 5.88 Å². The Morgan fingerprint density at radius 3 is 3.00 bits per heavy atom. The highest BCUT2D eigenvalue weighted by molar-refractivity contribution is 5.85. The molecular formula is C15H19F2N3O2. The van der Waals surface area contributed by atoms with E-state index >= 15 is 0 Å². The van der Waals surface area contributed by atoms with Crippen LogP contribution in [-0.2, 0) is 13.0 Å². The quantitative estimate of drug-likeness (QED) is 0.906. The summed E-state index contributed by atoms with van der Waals surface area (Å²) in [6.45, 7) is 0.759. The summed E-state index contributed by atoms with van der Waals surface area (Å²) in [5.41, 5.74) is 2.94. The summed E-state index contributed by atoms with van der Waals surface area (Å²) in [5, 5.41) is 9.80. The number of halogens is 2. The molecule has 0 saturated carbocycles. The van der Waals surface area contributed by atoms with Crippen molar-refractivity contribution in [2.45, 2.75) is 31.9 Å². The summed E-state index contributed by atoms with van der Waals surface area (Å²) in [4.78, 5) is 9.11. The summed E-state index contributed by atoms with van der Waals surface area (Å²) in [5.74, 6) is -2.54. The Kier molecular flexibility index (Phi) is 3.78. The van der Waals surface area contributed by atoms with Gasteiger partial charge < -0.3 is 14.8 Å². The molecule has 0 bridgehead atoms. The predicted molar refractivity (Wildman–Crippen MR) is 78.3 cm³/mol. The maximum Gasteiger partial charge on any atom is 0.283 e. The topological polar surface area (TPSA) is 61.4 Å². The average molecular weight is 311 g/mol.